The summed E-state index contributed by atoms with van der Waals surface area (Å²) in [6.45, 7) is 4.00. The maximum absolute atomic E-state index is 13.2. The molecular formula is C24H23ClO11S. The van der Waals surface area contributed by atoms with Crippen LogP contribution in [0.15, 0.2) is 34.2 Å². The van der Waals surface area contributed by atoms with E-state index in [-0.39, 0.29) is 21.1 Å². The Morgan fingerprint density at radius 3 is 1.86 bits per heavy atom. The molecule has 0 saturated carbocycles. The third-order valence-electron chi connectivity index (χ3n) is 5.20. The summed E-state index contributed by atoms with van der Waals surface area (Å²) in [5.74, 6) is -4.21. The van der Waals surface area contributed by atoms with Gasteiger partial charge in [0.2, 0.25) is 11.6 Å². The zero-order valence-corrected chi connectivity index (χ0v) is 21.8. The van der Waals surface area contributed by atoms with Gasteiger partial charge >= 0.3 is 23.9 Å². The Kier molecular flexibility index (Phi) is 9.11. The monoisotopic (exact) mass is 554 g/mol. The summed E-state index contributed by atoms with van der Waals surface area (Å²) in [5, 5.41) is -0.374. The van der Waals surface area contributed by atoms with Crippen molar-refractivity contribution in [1.29, 1.82) is 0 Å². The largest absolute Gasteiger partial charge is 0.463 e. The minimum atomic E-state index is -1.42. The normalized spacial score (nSPS) is 25.2. The lowest BCUT2D eigenvalue weighted by atomic mass is 9.94. The van der Waals surface area contributed by atoms with Crippen LogP contribution in [0.3, 0.4) is 0 Å². The number of fused-ring (bicyclic) bond motifs is 1. The molecule has 1 heterocycles. The molecular weight excluding hydrogens is 532 g/mol. The SMILES string of the molecule is CC(=O)OC[C@@H]1O[C@@H](SC2=C(Cl)C(=O)c3ccccc3C2=O)[C@H](OC(C)=O)[C@@H](OC(C)=O)[C@@H]1OC(C)=O. The standard InChI is InChI=1S/C24H23ClO11S/c1-10(26)32-9-16-20(33-11(2)27)21(34-12(3)28)22(35-13(4)29)24(36-16)37-23-17(25)18(30)14-7-5-6-8-15(14)19(23)31/h5-8,16,20-22,24H,9H2,1-4H3/t16-,20+,21-,22+,24-/m0/s1. The van der Waals surface area contributed by atoms with Gasteiger partial charge in [-0.1, -0.05) is 47.6 Å². The van der Waals surface area contributed by atoms with E-state index in [0.717, 1.165) is 27.7 Å². The van der Waals surface area contributed by atoms with Gasteiger partial charge in [0.25, 0.3) is 0 Å². The maximum Gasteiger partial charge on any atom is 0.303 e. The highest BCUT2D eigenvalue weighted by Crippen LogP contribution is 2.42. The number of carbonyl (C=O) groups is 6. The number of hydrogen-bond donors (Lipinski definition) is 0. The quantitative estimate of drug-likeness (QED) is 0.359. The van der Waals surface area contributed by atoms with Crippen LogP contribution in [0.25, 0.3) is 0 Å². The molecule has 0 radical (unpaired) electrons. The second kappa shape index (κ2) is 11.9. The molecule has 0 unspecified atom stereocenters. The Bertz CT molecular complexity index is 1180. The van der Waals surface area contributed by atoms with Crippen LogP contribution >= 0.6 is 23.4 Å². The number of allylic oxidation sites excluding steroid dienone is 2. The van der Waals surface area contributed by atoms with Crippen LogP contribution in [0.2, 0.25) is 0 Å². The predicted molar refractivity (Wildman–Crippen MR) is 128 cm³/mol. The molecule has 198 valence electrons. The van der Waals surface area contributed by atoms with E-state index in [0.29, 0.717) is 11.8 Å². The van der Waals surface area contributed by atoms with E-state index in [1.54, 1.807) is 12.1 Å². The van der Waals surface area contributed by atoms with Crippen molar-refractivity contribution in [2.45, 2.75) is 57.5 Å². The van der Waals surface area contributed by atoms with Crippen LogP contribution in [0.1, 0.15) is 48.4 Å². The fourth-order valence-electron chi connectivity index (χ4n) is 3.83. The van der Waals surface area contributed by atoms with Crippen molar-refractivity contribution in [2.75, 3.05) is 6.61 Å². The van der Waals surface area contributed by atoms with Crippen molar-refractivity contribution < 1.29 is 52.5 Å². The van der Waals surface area contributed by atoms with Crippen molar-refractivity contribution >= 4 is 58.8 Å². The van der Waals surface area contributed by atoms with Crippen LogP contribution in [0.5, 0.6) is 0 Å². The second-order valence-corrected chi connectivity index (χ2v) is 9.52. The Balaban J connectivity index is 2.06. The van der Waals surface area contributed by atoms with Gasteiger partial charge in [0, 0.05) is 38.8 Å². The number of benzene rings is 1. The smallest absolute Gasteiger partial charge is 0.303 e. The zero-order chi connectivity index (χ0) is 27.4. The van der Waals surface area contributed by atoms with Gasteiger partial charge in [-0.05, 0) is 0 Å². The molecule has 1 aromatic rings. The molecule has 0 aromatic heterocycles. The Morgan fingerprint density at radius 2 is 1.32 bits per heavy atom. The van der Waals surface area contributed by atoms with E-state index in [2.05, 4.69) is 0 Å². The number of ether oxygens (including phenoxy) is 5. The predicted octanol–water partition coefficient (Wildman–Crippen LogP) is 2.33. The molecule has 1 aliphatic heterocycles. The van der Waals surface area contributed by atoms with Gasteiger partial charge in [0.1, 0.15) is 23.2 Å². The van der Waals surface area contributed by atoms with Gasteiger partial charge in [-0.3, -0.25) is 28.8 Å². The molecule has 13 heteroatoms. The molecule has 37 heavy (non-hydrogen) atoms. The van der Waals surface area contributed by atoms with Crippen molar-refractivity contribution in [1.82, 2.24) is 0 Å². The average molecular weight is 555 g/mol. The Morgan fingerprint density at radius 1 is 0.811 bits per heavy atom. The van der Waals surface area contributed by atoms with Crippen molar-refractivity contribution in [3.05, 3.63) is 45.3 Å². The van der Waals surface area contributed by atoms with Gasteiger partial charge in [0.05, 0.1) is 4.91 Å². The highest BCUT2D eigenvalue weighted by molar-refractivity contribution is 8.04. The summed E-state index contributed by atoms with van der Waals surface area (Å²) in [6.07, 6.45) is -5.39. The number of thioether (sulfide) groups is 1. The summed E-state index contributed by atoms with van der Waals surface area (Å²) in [6, 6.07) is 6.10. The van der Waals surface area contributed by atoms with Crippen LogP contribution in [-0.2, 0) is 42.9 Å². The minimum Gasteiger partial charge on any atom is -0.463 e. The van der Waals surface area contributed by atoms with Gasteiger partial charge in [0.15, 0.2) is 18.3 Å². The number of rotatable bonds is 7. The molecule has 3 rings (SSSR count). The number of carbonyl (C=O) groups excluding carboxylic acids is 6. The molecule has 1 aliphatic carbocycles. The lowest BCUT2D eigenvalue weighted by Crippen LogP contribution is -2.61. The Labute approximate surface area is 220 Å². The third kappa shape index (κ3) is 6.56. The first-order valence-corrected chi connectivity index (χ1v) is 12.2. The van der Waals surface area contributed by atoms with Gasteiger partial charge in [-0.2, -0.15) is 0 Å². The van der Waals surface area contributed by atoms with E-state index in [4.69, 9.17) is 35.3 Å². The molecule has 11 nitrogen and oxygen atoms in total. The lowest BCUT2D eigenvalue weighted by molar-refractivity contribution is -0.237. The fourth-order valence-corrected chi connectivity index (χ4v) is 5.34. The molecule has 5 atom stereocenters. The van der Waals surface area contributed by atoms with Gasteiger partial charge in [-0.25, -0.2) is 0 Å². The fraction of sp³-hybridized carbons (Fsp3) is 0.417. The number of hydrogen-bond acceptors (Lipinski definition) is 12. The number of ketones is 2. The first-order chi connectivity index (χ1) is 17.4. The third-order valence-corrected chi connectivity index (χ3v) is 6.91. The molecule has 0 N–H and O–H groups in total. The maximum atomic E-state index is 13.2. The molecule has 1 aromatic carbocycles. The molecule has 2 aliphatic rings. The topological polar surface area (TPSA) is 149 Å². The highest BCUT2D eigenvalue weighted by atomic mass is 35.5. The van der Waals surface area contributed by atoms with Gasteiger partial charge in [-0.15, -0.1) is 0 Å². The molecule has 0 amide bonds. The molecule has 0 bridgehead atoms. The van der Waals surface area contributed by atoms with E-state index in [1.165, 1.54) is 12.1 Å². The molecule has 1 saturated heterocycles. The van der Waals surface area contributed by atoms with E-state index in [9.17, 15) is 28.8 Å². The van der Waals surface area contributed by atoms with E-state index in [1.807, 2.05) is 0 Å². The number of halogens is 1. The summed E-state index contributed by atoms with van der Waals surface area (Å²) in [4.78, 5) is 73.1. The Hall–Kier alpha value is -3.22. The highest BCUT2D eigenvalue weighted by Gasteiger charge is 2.53. The average Bonchev–Trinajstić information content (AvgIpc) is 2.81. The summed E-state index contributed by atoms with van der Waals surface area (Å²) in [7, 11) is 0. The van der Waals surface area contributed by atoms with Crippen molar-refractivity contribution in [2.24, 2.45) is 0 Å². The van der Waals surface area contributed by atoms with Crippen LogP contribution in [0, 0.1) is 0 Å². The van der Waals surface area contributed by atoms with Crippen LogP contribution in [-0.4, -0.2) is 71.9 Å². The first kappa shape index (κ1) is 28.4. The summed E-state index contributed by atoms with van der Waals surface area (Å²) < 4.78 is 27.1. The number of Topliss-reactive ketones (excluding diaryl/α,β-unsaturated/α-hetero) is 2. The van der Waals surface area contributed by atoms with Crippen molar-refractivity contribution in [3.63, 3.8) is 0 Å². The first-order valence-electron chi connectivity index (χ1n) is 11.0. The van der Waals surface area contributed by atoms with Gasteiger partial charge < -0.3 is 23.7 Å². The summed E-state index contributed by atoms with van der Waals surface area (Å²) >= 11 is 6.96. The zero-order valence-electron chi connectivity index (χ0n) is 20.2. The van der Waals surface area contributed by atoms with Crippen LogP contribution < -0.4 is 0 Å². The minimum absolute atomic E-state index is 0.116. The lowest BCUT2D eigenvalue weighted by Gasteiger charge is -2.44. The summed E-state index contributed by atoms with van der Waals surface area (Å²) in [5.41, 5.74) is -1.06. The molecule has 1 fully saturated rings. The number of esters is 4. The van der Waals surface area contributed by atoms with Crippen LogP contribution in [0.4, 0.5) is 0 Å². The second-order valence-electron chi connectivity index (χ2n) is 8.03. The molecule has 0 spiro atoms. The van der Waals surface area contributed by atoms with E-state index >= 15 is 0 Å². The van der Waals surface area contributed by atoms with E-state index < -0.39 is 71.9 Å². The van der Waals surface area contributed by atoms with Crippen molar-refractivity contribution in [3.8, 4) is 0 Å².